The fourth-order valence-electron chi connectivity index (χ4n) is 10.7. The lowest BCUT2D eigenvalue weighted by molar-refractivity contribution is 0.397. The van der Waals surface area contributed by atoms with Crippen LogP contribution in [-0.2, 0) is 24.7 Å². The zero-order valence-corrected chi connectivity index (χ0v) is 38.9. The Bertz CT molecular complexity index is 2360. The second kappa shape index (κ2) is 20.5. The Balaban J connectivity index is 1.03. The van der Waals surface area contributed by atoms with E-state index < -0.39 is 0 Å². The van der Waals surface area contributed by atoms with Crippen LogP contribution in [0.25, 0.3) is 22.3 Å². The van der Waals surface area contributed by atoms with Gasteiger partial charge in [0.15, 0.2) is 0 Å². The van der Waals surface area contributed by atoms with Crippen LogP contribution in [0.15, 0.2) is 127 Å². The van der Waals surface area contributed by atoms with E-state index in [1.54, 1.807) is 27.8 Å². The van der Waals surface area contributed by atoms with E-state index in [-0.39, 0.29) is 5.41 Å². The Morgan fingerprint density at radius 1 is 0.484 bits per heavy atom. The van der Waals surface area contributed by atoms with E-state index in [1.165, 1.54) is 165 Å². The smallest absolute Gasteiger partial charge is 0.0462 e. The summed E-state index contributed by atoms with van der Waals surface area (Å²) in [5, 5.41) is 0. The van der Waals surface area contributed by atoms with Gasteiger partial charge in [-0.2, -0.15) is 0 Å². The van der Waals surface area contributed by atoms with Crippen LogP contribution in [0.4, 0.5) is 17.1 Å². The fourth-order valence-corrected chi connectivity index (χ4v) is 10.7. The molecule has 0 spiro atoms. The lowest BCUT2D eigenvalue weighted by atomic mass is 9.70. The number of anilines is 3. The molecule has 2 aliphatic rings. The Kier molecular flexibility index (Phi) is 14.5. The minimum absolute atomic E-state index is 0.0654. The number of aryl methyl sites for hydroxylation is 5. The predicted octanol–water partition coefficient (Wildman–Crippen LogP) is 18.0. The molecule has 0 N–H and O–H groups in total. The highest BCUT2D eigenvalue weighted by Crippen LogP contribution is 2.55. The quantitative estimate of drug-likeness (QED) is 0.0617. The van der Waals surface area contributed by atoms with Crippen LogP contribution < -0.4 is 4.90 Å². The number of hydrogen-bond acceptors (Lipinski definition) is 1. The third-order valence-corrected chi connectivity index (χ3v) is 14.8. The average molecular weight is 820 g/mol. The summed E-state index contributed by atoms with van der Waals surface area (Å²) in [6.45, 7) is 11.4. The molecule has 8 rings (SSSR count). The van der Waals surface area contributed by atoms with Gasteiger partial charge in [-0.25, -0.2) is 0 Å². The van der Waals surface area contributed by atoms with Gasteiger partial charge in [0.2, 0.25) is 0 Å². The van der Waals surface area contributed by atoms with E-state index in [9.17, 15) is 0 Å². The molecule has 2 aliphatic carbocycles. The second-order valence-corrected chi connectivity index (χ2v) is 19.3. The number of nitrogens with zero attached hydrogens (tertiary/aromatic N) is 1. The first kappa shape index (κ1) is 43.8. The van der Waals surface area contributed by atoms with Gasteiger partial charge in [-0.05, 0) is 163 Å². The van der Waals surface area contributed by atoms with Crippen molar-refractivity contribution in [3.05, 3.63) is 172 Å². The fraction of sp³-hybridized carbons (Fsp3) is 0.410. The summed E-state index contributed by atoms with van der Waals surface area (Å²) < 4.78 is 0. The monoisotopic (exact) mass is 820 g/mol. The molecule has 1 heteroatoms. The van der Waals surface area contributed by atoms with Gasteiger partial charge >= 0.3 is 0 Å². The van der Waals surface area contributed by atoms with Gasteiger partial charge in [0, 0.05) is 22.5 Å². The molecule has 1 nitrogen and oxygen atoms in total. The summed E-state index contributed by atoms with van der Waals surface area (Å²) in [7, 11) is 0. The molecule has 0 fully saturated rings. The number of fused-ring (bicyclic) bond motifs is 4. The average Bonchev–Trinajstić information content (AvgIpc) is 3.55. The molecular formula is C61H73N. The van der Waals surface area contributed by atoms with Crippen molar-refractivity contribution in [1.82, 2.24) is 0 Å². The van der Waals surface area contributed by atoms with Crippen molar-refractivity contribution in [2.24, 2.45) is 0 Å². The second-order valence-electron chi connectivity index (χ2n) is 19.3. The topological polar surface area (TPSA) is 3.24 Å². The van der Waals surface area contributed by atoms with Gasteiger partial charge in [0.05, 0.1) is 0 Å². The van der Waals surface area contributed by atoms with Gasteiger partial charge in [0.25, 0.3) is 0 Å². The van der Waals surface area contributed by atoms with E-state index in [2.05, 4.69) is 167 Å². The summed E-state index contributed by atoms with van der Waals surface area (Å²) in [5.74, 6) is 0.556. The van der Waals surface area contributed by atoms with Gasteiger partial charge in [-0.1, -0.05) is 187 Å². The van der Waals surface area contributed by atoms with Crippen LogP contribution in [0.2, 0.25) is 0 Å². The van der Waals surface area contributed by atoms with Crippen LogP contribution >= 0.6 is 0 Å². The number of hydrogen-bond donors (Lipinski definition) is 0. The minimum atomic E-state index is 0.0654. The molecule has 2 atom stereocenters. The molecule has 62 heavy (non-hydrogen) atoms. The van der Waals surface area contributed by atoms with Crippen molar-refractivity contribution >= 4 is 17.1 Å². The molecule has 2 unspecified atom stereocenters. The summed E-state index contributed by atoms with van der Waals surface area (Å²) in [6, 6.07) is 49.6. The summed E-state index contributed by atoms with van der Waals surface area (Å²) in [5.41, 5.74) is 21.2. The maximum Gasteiger partial charge on any atom is 0.0462 e. The Morgan fingerprint density at radius 3 is 1.63 bits per heavy atom. The molecule has 0 amide bonds. The van der Waals surface area contributed by atoms with Crippen LogP contribution in [0.3, 0.4) is 0 Å². The molecule has 322 valence electrons. The molecule has 6 aromatic carbocycles. The third kappa shape index (κ3) is 9.84. The van der Waals surface area contributed by atoms with Crippen molar-refractivity contribution in [3.63, 3.8) is 0 Å². The van der Waals surface area contributed by atoms with E-state index in [0.717, 1.165) is 6.42 Å². The van der Waals surface area contributed by atoms with Crippen LogP contribution in [0.1, 0.15) is 168 Å². The van der Waals surface area contributed by atoms with Crippen molar-refractivity contribution in [3.8, 4) is 22.3 Å². The van der Waals surface area contributed by atoms with Gasteiger partial charge in [0.1, 0.15) is 0 Å². The number of rotatable bonds is 22. The Morgan fingerprint density at radius 2 is 1.02 bits per heavy atom. The molecule has 6 aromatic rings. The lowest BCUT2D eigenvalue weighted by Gasteiger charge is -2.33. The zero-order valence-electron chi connectivity index (χ0n) is 38.9. The van der Waals surface area contributed by atoms with Crippen molar-refractivity contribution in [2.75, 3.05) is 4.90 Å². The highest BCUT2D eigenvalue weighted by Gasteiger charge is 2.42. The molecule has 0 heterocycles. The van der Waals surface area contributed by atoms with Crippen LogP contribution in [0.5, 0.6) is 0 Å². The Labute approximate surface area is 376 Å². The summed E-state index contributed by atoms with van der Waals surface area (Å²) in [4.78, 5) is 2.41. The van der Waals surface area contributed by atoms with Crippen LogP contribution in [0, 0.1) is 13.8 Å². The lowest BCUT2D eigenvalue weighted by Crippen LogP contribution is -2.25. The summed E-state index contributed by atoms with van der Waals surface area (Å²) >= 11 is 0. The van der Waals surface area contributed by atoms with Gasteiger partial charge in [-0.15, -0.1) is 0 Å². The van der Waals surface area contributed by atoms with Crippen molar-refractivity contribution in [1.29, 1.82) is 0 Å². The van der Waals surface area contributed by atoms with Gasteiger partial charge in [-0.3, -0.25) is 0 Å². The molecular weight excluding hydrogens is 747 g/mol. The molecule has 0 bridgehead atoms. The van der Waals surface area contributed by atoms with Crippen LogP contribution in [-0.4, -0.2) is 0 Å². The Hall–Kier alpha value is -4.88. The summed E-state index contributed by atoms with van der Waals surface area (Å²) in [6.07, 6.45) is 23.4. The minimum Gasteiger partial charge on any atom is -0.311 e. The van der Waals surface area contributed by atoms with E-state index in [4.69, 9.17) is 0 Å². The molecule has 0 aromatic heterocycles. The molecule has 0 radical (unpaired) electrons. The molecule has 0 saturated heterocycles. The SMILES string of the molecule is CCCCCCCCC1(CCCCCCCCc2ccc3c(c2)CC3)c2cc(C)ccc2-c2ccc(-c3ccc(N(c4ccc(C)cc4)c4ccc(C(C)CC)cc4)cc3)cc21. The standard InChI is InChI=1S/C61H73N/c1-6-8-9-10-14-17-40-61(41-18-15-12-11-13-16-19-48-23-24-50-25-26-52(50)43-48)59-42-46(4)22-38-57(59)58-39-31-53(44-60(58)61)51-29-36-56(37-30-51)62(54-32-20-45(3)21-33-54)55-34-27-49(28-35-55)47(5)7-2/h20-24,27-39,42-44,47H,6-19,25-26,40-41H2,1-5H3. The third-order valence-electron chi connectivity index (χ3n) is 14.8. The largest absolute Gasteiger partial charge is 0.311 e. The van der Waals surface area contributed by atoms with Crippen molar-refractivity contribution in [2.45, 2.75) is 162 Å². The van der Waals surface area contributed by atoms with E-state index in [0.29, 0.717) is 5.92 Å². The highest BCUT2D eigenvalue weighted by atomic mass is 15.1. The highest BCUT2D eigenvalue weighted by molar-refractivity contribution is 5.85. The normalized spacial score (nSPS) is 15.4. The number of unbranched alkanes of at least 4 members (excludes halogenated alkanes) is 10. The maximum atomic E-state index is 2.61. The molecule has 0 aliphatic heterocycles. The van der Waals surface area contributed by atoms with Gasteiger partial charge < -0.3 is 4.90 Å². The first-order valence-electron chi connectivity index (χ1n) is 24.8. The van der Waals surface area contributed by atoms with Crippen molar-refractivity contribution < 1.29 is 0 Å². The van der Waals surface area contributed by atoms with E-state index >= 15 is 0 Å². The molecule has 0 saturated carbocycles. The predicted molar refractivity (Wildman–Crippen MR) is 269 cm³/mol. The first-order chi connectivity index (χ1) is 30.4. The first-order valence-corrected chi connectivity index (χ1v) is 24.8. The number of benzene rings is 6. The zero-order chi connectivity index (χ0) is 42.9. The maximum absolute atomic E-state index is 2.61. The van der Waals surface area contributed by atoms with E-state index in [1.807, 2.05) is 0 Å².